The summed E-state index contributed by atoms with van der Waals surface area (Å²) >= 11 is 0. The smallest absolute Gasteiger partial charge is 0.244 e. The Morgan fingerprint density at radius 2 is 1.76 bits per heavy atom. The molecule has 0 atom stereocenters. The third-order valence-electron chi connectivity index (χ3n) is 4.69. The van der Waals surface area contributed by atoms with Gasteiger partial charge in [-0.1, -0.05) is 17.7 Å². The summed E-state index contributed by atoms with van der Waals surface area (Å²) in [5.74, 6) is 0. The lowest BCUT2D eigenvalue weighted by atomic mass is 9.61. The van der Waals surface area contributed by atoms with Gasteiger partial charge in [-0.2, -0.15) is 0 Å². The molecule has 1 aliphatic heterocycles. The van der Waals surface area contributed by atoms with Gasteiger partial charge in [-0.05, 0) is 50.2 Å². The summed E-state index contributed by atoms with van der Waals surface area (Å²) in [7, 11) is -2.30. The first-order chi connectivity index (χ1) is 9.89. The zero-order valence-electron chi connectivity index (χ0n) is 12.3. The number of aryl methyl sites for hydroxylation is 1. The number of benzene rings is 1. The van der Waals surface area contributed by atoms with Crippen molar-refractivity contribution in [3.63, 3.8) is 0 Å². The monoisotopic (exact) mass is 326 g/mol. The Labute approximate surface area is 130 Å². The Balaban J connectivity index is 1.61. The number of rotatable bonds is 3. The molecular weight excluding hydrogens is 304 g/mol. The maximum Gasteiger partial charge on any atom is 0.244 e. The molecule has 0 unspecified atom stereocenters. The minimum absolute atomic E-state index is 0.362. The Kier molecular flexibility index (Phi) is 4.07. The molecular formula is C15H22N2O2S2. The maximum atomic E-state index is 12.4. The van der Waals surface area contributed by atoms with Crippen molar-refractivity contribution >= 4 is 19.8 Å². The van der Waals surface area contributed by atoms with Gasteiger partial charge in [-0.25, -0.2) is 12.7 Å². The third kappa shape index (κ3) is 3.28. The summed E-state index contributed by atoms with van der Waals surface area (Å²) in [6, 6.07) is 7.42. The van der Waals surface area contributed by atoms with E-state index < -0.39 is 8.87 Å². The Morgan fingerprint density at radius 1 is 1.19 bits per heavy atom. The molecule has 1 aliphatic carbocycles. The van der Waals surface area contributed by atoms with Crippen molar-refractivity contribution in [2.45, 2.75) is 43.5 Å². The van der Waals surface area contributed by atoms with Crippen LogP contribution in [0.1, 0.15) is 31.2 Å². The fraction of sp³-hybridized carbons (Fsp3) is 0.600. The van der Waals surface area contributed by atoms with Crippen LogP contribution in [0.4, 0.5) is 0 Å². The molecule has 2 aliphatic rings. The van der Waals surface area contributed by atoms with Crippen LogP contribution in [0, 0.1) is 12.3 Å². The fourth-order valence-electron chi connectivity index (χ4n) is 3.38. The lowest BCUT2D eigenvalue weighted by Gasteiger charge is -2.50. The lowest BCUT2D eigenvalue weighted by Crippen LogP contribution is -2.51. The van der Waals surface area contributed by atoms with E-state index in [1.54, 1.807) is 12.1 Å². The van der Waals surface area contributed by atoms with Crippen LogP contribution in [0.3, 0.4) is 0 Å². The van der Waals surface area contributed by atoms with Crippen LogP contribution in [-0.4, -0.2) is 31.9 Å². The van der Waals surface area contributed by atoms with Gasteiger partial charge in [-0.15, -0.1) is 0 Å². The summed E-state index contributed by atoms with van der Waals surface area (Å²) < 4.78 is 26.8. The van der Waals surface area contributed by atoms with Crippen molar-refractivity contribution < 1.29 is 8.42 Å². The second kappa shape index (κ2) is 5.57. The molecule has 116 valence electrons. The number of nitrogens with two attached hydrogens (primary N) is 1. The van der Waals surface area contributed by atoms with Gasteiger partial charge in [0.05, 0.1) is 15.9 Å². The molecule has 6 heteroatoms. The summed E-state index contributed by atoms with van der Waals surface area (Å²) in [5, 5.41) is 0. The van der Waals surface area contributed by atoms with E-state index in [1.807, 2.05) is 23.4 Å². The molecule has 2 fully saturated rings. The quantitative estimate of drug-likeness (QED) is 0.683. The van der Waals surface area contributed by atoms with Gasteiger partial charge < -0.3 is 5.73 Å². The zero-order valence-corrected chi connectivity index (χ0v) is 13.9. The van der Waals surface area contributed by atoms with Gasteiger partial charge in [-0.3, -0.25) is 0 Å². The highest BCUT2D eigenvalue weighted by molar-refractivity contribution is 8.71. The van der Waals surface area contributed by atoms with Gasteiger partial charge in [0, 0.05) is 19.1 Å². The van der Waals surface area contributed by atoms with E-state index in [2.05, 4.69) is 0 Å². The topological polar surface area (TPSA) is 63.4 Å². The van der Waals surface area contributed by atoms with Crippen LogP contribution < -0.4 is 5.73 Å². The van der Waals surface area contributed by atoms with E-state index in [0.29, 0.717) is 16.4 Å². The molecule has 1 saturated carbocycles. The molecule has 2 N–H and O–H groups in total. The van der Waals surface area contributed by atoms with Crippen molar-refractivity contribution in [2.75, 3.05) is 13.1 Å². The number of hydrogen-bond donors (Lipinski definition) is 1. The molecule has 0 bridgehead atoms. The Morgan fingerprint density at radius 3 is 2.29 bits per heavy atom. The molecule has 0 radical (unpaired) electrons. The summed E-state index contributed by atoms with van der Waals surface area (Å²) in [5.41, 5.74) is 7.37. The highest BCUT2D eigenvalue weighted by Gasteiger charge is 2.44. The van der Waals surface area contributed by atoms with E-state index >= 15 is 0 Å². The van der Waals surface area contributed by atoms with Crippen LogP contribution in [0.15, 0.2) is 29.2 Å². The summed E-state index contributed by atoms with van der Waals surface area (Å²) in [6.45, 7) is 3.63. The molecule has 1 heterocycles. The van der Waals surface area contributed by atoms with Gasteiger partial charge in [0.25, 0.3) is 0 Å². The first-order valence-electron chi connectivity index (χ1n) is 7.40. The Hall–Kier alpha value is -0.560. The maximum absolute atomic E-state index is 12.4. The summed E-state index contributed by atoms with van der Waals surface area (Å²) in [4.78, 5) is 0.393. The highest BCUT2D eigenvalue weighted by Crippen LogP contribution is 2.49. The zero-order chi connectivity index (χ0) is 15.1. The van der Waals surface area contributed by atoms with Gasteiger partial charge in [0.15, 0.2) is 0 Å². The van der Waals surface area contributed by atoms with Crippen molar-refractivity contribution in [1.82, 2.24) is 4.31 Å². The second-order valence-electron chi connectivity index (χ2n) is 6.44. The van der Waals surface area contributed by atoms with Crippen LogP contribution >= 0.6 is 11.0 Å². The third-order valence-corrected chi connectivity index (χ3v) is 8.11. The van der Waals surface area contributed by atoms with Crippen molar-refractivity contribution in [1.29, 1.82) is 0 Å². The Bertz CT molecular complexity index is 597. The molecule has 0 amide bonds. The molecule has 21 heavy (non-hydrogen) atoms. The first kappa shape index (κ1) is 15.3. The summed E-state index contributed by atoms with van der Waals surface area (Å²) in [6.07, 6.45) is 4.35. The standard InChI is InChI=1S/C15H22N2O2S2/c1-12-2-4-14(5-3-12)21(18,19)20-17-8-6-15(7-9-17)10-13(16)11-15/h2-5,13H,6-11,16H2,1H3. The van der Waals surface area contributed by atoms with Crippen LogP contribution in [0.5, 0.6) is 0 Å². The van der Waals surface area contributed by atoms with Crippen molar-refractivity contribution in [2.24, 2.45) is 11.1 Å². The molecule has 3 rings (SSSR count). The predicted molar refractivity (Wildman–Crippen MR) is 86.4 cm³/mol. The number of nitrogens with zero attached hydrogens (tertiary/aromatic N) is 1. The van der Waals surface area contributed by atoms with Crippen molar-refractivity contribution in [3.8, 4) is 0 Å². The highest BCUT2D eigenvalue weighted by atomic mass is 33.1. The fourth-order valence-corrected chi connectivity index (χ4v) is 6.42. The van der Waals surface area contributed by atoms with Crippen LogP contribution in [0.2, 0.25) is 0 Å². The van der Waals surface area contributed by atoms with E-state index in [4.69, 9.17) is 5.73 Å². The van der Waals surface area contributed by atoms with Crippen LogP contribution in [-0.2, 0) is 8.87 Å². The van der Waals surface area contributed by atoms with E-state index in [9.17, 15) is 8.42 Å². The molecule has 1 spiro atoms. The average Bonchev–Trinajstić information content (AvgIpc) is 2.40. The largest absolute Gasteiger partial charge is 0.328 e. The average molecular weight is 326 g/mol. The molecule has 1 aromatic carbocycles. The molecule has 4 nitrogen and oxygen atoms in total. The van der Waals surface area contributed by atoms with Gasteiger partial charge >= 0.3 is 0 Å². The number of piperidine rings is 1. The minimum Gasteiger partial charge on any atom is -0.328 e. The number of hydrogen-bond acceptors (Lipinski definition) is 5. The van der Waals surface area contributed by atoms with Gasteiger partial charge in [0.2, 0.25) is 8.87 Å². The first-order valence-corrected chi connectivity index (χ1v) is 10.2. The van der Waals surface area contributed by atoms with Gasteiger partial charge in [0.1, 0.15) is 0 Å². The van der Waals surface area contributed by atoms with Crippen LogP contribution in [0.25, 0.3) is 0 Å². The lowest BCUT2D eigenvalue weighted by molar-refractivity contribution is 0.0443. The van der Waals surface area contributed by atoms with E-state index in [0.717, 1.165) is 55.3 Å². The second-order valence-corrected chi connectivity index (χ2v) is 10.2. The van der Waals surface area contributed by atoms with Crippen molar-refractivity contribution in [3.05, 3.63) is 29.8 Å². The molecule has 0 aromatic heterocycles. The predicted octanol–water partition coefficient (Wildman–Crippen LogP) is 2.54. The van der Waals surface area contributed by atoms with E-state index in [1.165, 1.54) is 0 Å². The SMILES string of the molecule is Cc1ccc(S(=O)(=O)SN2CCC3(CC2)CC(N)C3)cc1. The normalized spacial score (nSPS) is 23.1. The molecule has 1 saturated heterocycles. The van der Waals surface area contributed by atoms with E-state index in [-0.39, 0.29) is 0 Å². The minimum atomic E-state index is -3.30. The molecule has 1 aromatic rings.